The SMILES string of the molecule is O=C(N[C@@H](Cc1ccccc1)C(=O)N1CCC1)c1cc2occc2[nH]1. The van der Waals surface area contributed by atoms with Gasteiger partial charge in [-0.3, -0.25) is 9.59 Å². The fourth-order valence-electron chi connectivity index (χ4n) is 3.01. The summed E-state index contributed by atoms with van der Waals surface area (Å²) in [6, 6.07) is 12.6. The first kappa shape index (κ1) is 15.5. The number of carbonyl (C=O) groups is 2. The van der Waals surface area contributed by atoms with Crippen LogP contribution in [0.5, 0.6) is 0 Å². The van der Waals surface area contributed by atoms with Gasteiger partial charge in [-0.05, 0) is 12.0 Å². The van der Waals surface area contributed by atoms with E-state index in [1.54, 1.807) is 23.3 Å². The molecular formula is C19H19N3O3. The van der Waals surface area contributed by atoms with E-state index in [9.17, 15) is 9.59 Å². The molecule has 6 nitrogen and oxygen atoms in total. The summed E-state index contributed by atoms with van der Waals surface area (Å²) in [4.78, 5) is 30.1. The Kier molecular flexibility index (Phi) is 4.01. The maximum Gasteiger partial charge on any atom is 0.268 e. The summed E-state index contributed by atoms with van der Waals surface area (Å²) in [6.07, 6.45) is 3.05. The third-order valence-electron chi connectivity index (χ3n) is 4.54. The molecule has 0 bridgehead atoms. The molecule has 0 aliphatic carbocycles. The van der Waals surface area contributed by atoms with E-state index in [0.29, 0.717) is 17.7 Å². The third kappa shape index (κ3) is 3.15. The zero-order valence-electron chi connectivity index (χ0n) is 13.7. The highest BCUT2D eigenvalue weighted by molar-refractivity contribution is 5.99. The number of carbonyl (C=O) groups excluding carboxylic acids is 2. The van der Waals surface area contributed by atoms with E-state index < -0.39 is 6.04 Å². The Balaban J connectivity index is 1.53. The number of amides is 2. The van der Waals surface area contributed by atoms with Crippen LogP contribution in [0.3, 0.4) is 0 Å². The van der Waals surface area contributed by atoms with Crippen molar-refractivity contribution in [2.75, 3.05) is 13.1 Å². The van der Waals surface area contributed by atoms with Gasteiger partial charge in [0.1, 0.15) is 11.7 Å². The third-order valence-corrected chi connectivity index (χ3v) is 4.54. The van der Waals surface area contributed by atoms with Crippen LogP contribution in [0, 0.1) is 0 Å². The molecule has 1 aliphatic heterocycles. The molecule has 1 saturated heterocycles. The van der Waals surface area contributed by atoms with Crippen molar-refractivity contribution in [3.8, 4) is 0 Å². The lowest BCUT2D eigenvalue weighted by Crippen LogP contribution is -2.53. The van der Waals surface area contributed by atoms with Crippen LogP contribution in [0.4, 0.5) is 0 Å². The first-order valence-corrected chi connectivity index (χ1v) is 8.40. The molecule has 1 aromatic carbocycles. The Morgan fingerprint density at radius 2 is 2.00 bits per heavy atom. The van der Waals surface area contributed by atoms with Crippen molar-refractivity contribution in [1.29, 1.82) is 0 Å². The molecule has 6 heteroatoms. The van der Waals surface area contributed by atoms with Gasteiger partial charge in [-0.15, -0.1) is 0 Å². The van der Waals surface area contributed by atoms with E-state index in [-0.39, 0.29) is 11.8 Å². The van der Waals surface area contributed by atoms with Gasteiger partial charge < -0.3 is 19.6 Å². The minimum Gasteiger partial charge on any atom is -0.463 e. The van der Waals surface area contributed by atoms with Gasteiger partial charge in [-0.1, -0.05) is 30.3 Å². The van der Waals surface area contributed by atoms with Gasteiger partial charge in [-0.2, -0.15) is 0 Å². The lowest BCUT2D eigenvalue weighted by atomic mass is 10.0. The number of nitrogens with one attached hydrogen (secondary N) is 2. The standard InChI is InChI=1S/C19H19N3O3/c23-18(15-12-17-14(20-15)7-10-25-17)21-16(19(24)22-8-4-9-22)11-13-5-2-1-3-6-13/h1-3,5-7,10,12,16,20H,4,8-9,11H2,(H,21,23)/t16-/m0/s1. The van der Waals surface area contributed by atoms with Crippen LogP contribution in [-0.2, 0) is 11.2 Å². The van der Waals surface area contributed by atoms with Gasteiger partial charge in [-0.25, -0.2) is 0 Å². The van der Waals surface area contributed by atoms with E-state index >= 15 is 0 Å². The monoisotopic (exact) mass is 337 g/mol. The first-order valence-electron chi connectivity index (χ1n) is 8.40. The minimum absolute atomic E-state index is 0.0290. The number of benzene rings is 1. The molecule has 4 rings (SSSR count). The van der Waals surface area contributed by atoms with Crippen molar-refractivity contribution in [2.45, 2.75) is 18.9 Å². The number of rotatable bonds is 5. The molecule has 0 spiro atoms. The lowest BCUT2D eigenvalue weighted by molar-refractivity contribution is -0.136. The average molecular weight is 337 g/mol. The number of hydrogen-bond donors (Lipinski definition) is 2. The highest BCUT2D eigenvalue weighted by Gasteiger charge is 2.30. The quantitative estimate of drug-likeness (QED) is 0.750. The smallest absolute Gasteiger partial charge is 0.268 e. The van der Waals surface area contributed by atoms with Crippen molar-refractivity contribution >= 4 is 22.9 Å². The lowest BCUT2D eigenvalue weighted by Gasteiger charge is -2.34. The summed E-state index contributed by atoms with van der Waals surface area (Å²) < 4.78 is 5.28. The molecule has 0 unspecified atom stereocenters. The molecule has 0 saturated carbocycles. The maximum atomic E-state index is 12.7. The van der Waals surface area contributed by atoms with Crippen molar-refractivity contribution < 1.29 is 14.0 Å². The van der Waals surface area contributed by atoms with Gasteiger partial charge in [0.2, 0.25) is 5.91 Å². The normalized spacial score (nSPS) is 15.0. The Labute approximate surface area is 144 Å². The molecule has 25 heavy (non-hydrogen) atoms. The zero-order chi connectivity index (χ0) is 17.2. The van der Waals surface area contributed by atoms with Crippen LogP contribution in [0.1, 0.15) is 22.5 Å². The molecule has 2 amide bonds. The molecule has 2 N–H and O–H groups in total. The number of aromatic amines is 1. The summed E-state index contributed by atoms with van der Waals surface area (Å²) in [5, 5.41) is 2.88. The van der Waals surface area contributed by atoms with E-state index in [2.05, 4.69) is 10.3 Å². The second-order valence-corrected chi connectivity index (χ2v) is 6.28. The average Bonchev–Trinajstić information content (AvgIpc) is 3.15. The molecule has 1 aliphatic rings. The molecule has 1 fully saturated rings. The summed E-state index contributed by atoms with van der Waals surface area (Å²) in [5.74, 6) is -0.333. The number of furan rings is 1. The number of H-pyrrole nitrogens is 1. The van der Waals surface area contributed by atoms with Gasteiger partial charge in [0, 0.05) is 31.6 Å². The number of nitrogens with zero attached hydrogens (tertiary/aromatic N) is 1. The molecule has 1 atom stereocenters. The van der Waals surface area contributed by atoms with Crippen molar-refractivity contribution in [2.24, 2.45) is 0 Å². The van der Waals surface area contributed by atoms with E-state index in [4.69, 9.17) is 4.42 Å². The largest absolute Gasteiger partial charge is 0.463 e. The Hall–Kier alpha value is -3.02. The summed E-state index contributed by atoms with van der Waals surface area (Å²) in [5.41, 5.74) is 2.79. The van der Waals surface area contributed by atoms with Gasteiger partial charge >= 0.3 is 0 Å². The maximum absolute atomic E-state index is 12.7. The highest BCUT2D eigenvalue weighted by atomic mass is 16.3. The predicted molar refractivity (Wildman–Crippen MR) is 93.2 cm³/mol. The van der Waals surface area contributed by atoms with Crippen LogP contribution in [0.2, 0.25) is 0 Å². The topological polar surface area (TPSA) is 78.3 Å². The molecule has 128 valence electrons. The van der Waals surface area contributed by atoms with Crippen molar-refractivity contribution in [3.05, 3.63) is 60.0 Å². The summed E-state index contributed by atoms with van der Waals surface area (Å²) in [7, 11) is 0. The molecular weight excluding hydrogens is 318 g/mol. The highest BCUT2D eigenvalue weighted by Crippen LogP contribution is 2.17. The van der Waals surface area contributed by atoms with E-state index in [0.717, 1.165) is 30.6 Å². The van der Waals surface area contributed by atoms with Crippen LogP contribution in [0.25, 0.3) is 11.1 Å². The predicted octanol–water partition coefficient (Wildman–Crippen LogP) is 2.33. The second-order valence-electron chi connectivity index (χ2n) is 6.28. The van der Waals surface area contributed by atoms with Crippen LogP contribution in [-0.4, -0.2) is 40.8 Å². The molecule has 0 radical (unpaired) electrons. The first-order chi connectivity index (χ1) is 12.2. The fraction of sp³-hybridized carbons (Fsp3) is 0.263. The minimum atomic E-state index is -0.579. The number of aromatic nitrogens is 1. The van der Waals surface area contributed by atoms with E-state index in [1.807, 2.05) is 30.3 Å². The van der Waals surface area contributed by atoms with Crippen molar-refractivity contribution in [1.82, 2.24) is 15.2 Å². The van der Waals surface area contributed by atoms with Gasteiger partial charge in [0.15, 0.2) is 5.58 Å². The van der Waals surface area contributed by atoms with Crippen LogP contribution in [0.15, 0.2) is 53.1 Å². The molecule has 2 aromatic heterocycles. The fourth-order valence-corrected chi connectivity index (χ4v) is 3.01. The Morgan fingerprint density at radius 3 is 2.68 bits per heavy atom. The summed E-state index contributed by atoms with van der Waals surface area (Å²) in [6.45, 7) is 1.52. The summed E-state index contributed by atoms with van der Waals surface area (Å²) >= 11 is 0. The molecule has 3 aromatic rings. The van der Waals surface area contributed by atoms with Gasteiger partial charge in [0.25, 0.3) is 5.91 Å². The Morgan fingerprint density at radius 1 is 1.20 bits per heavy atom. The Bertz CT molecular complexity index is 864. The van der Waals surface area contributed by atoms with Gasteiger partial charge in [0.05, 0.1) is 11.8 Å². The second kappa shape index (κ2) is 6.47. The van der Waals surface area contributed by atoms with E-state index in [1.165, 1.54) is 0 Å². The zero-order valence-corrected chi connectivity index (χ0v) is 13.7. The van der Waals surface area contributed by atoms with Crippen LogP contribution < -0.4 is 5.32 Å². The number of hydrogen-bond acceptors (Lipinski definition) is 3. The van der Waals surface area contributed by atoms with Crippen LogP contribution >= 0.6 is 0 Å². The number of fused-ring (bicyclic) bond motifs is 1. The number of likely N-dealkylation sites (tertiary alicyclic amines) is 1. The molecule has 3 heterocycles. The van der Waals surface area contributed by atoms with Crippen molar-refractivity contribution in [3.63, 3.8) is 0 Å².